The van der Waals surface area contributed by atoms with Gasteiger partial charge >= 0.3 is 0 Å². The number of aliphatic hydroxyl groups is 4. The van der Waals surface area contributed by atoms with Gasteiger partial charge in [-0.05, 0) is 0 Å². The van der Waals surface area contributed by atoms with Gasteiger partial charge in [0.25, 0.3) is 0 Å². The Labute approximate surface area is 127 Å². The molecule has 1 heterocycles. The Morgan fingerprint density at radius 2 is 1.55 bits per heavy atom. The number of rotatable bonds is 11. The molecule has 130 valence electrons. The van der Waals surface area contributed by atoms with Crippen molar-refractivity contribution in [2.75, 3.05) is 46.2 Å². The van der Waals surface area contributed by atoms with Crippen molar-refractivity contribution >= 4 is 0 Å². The van der Waals surface area contributed by atoms with Crippen LogP contribution < -0.4 is 0 Å². The number of aliphatic hydroxyl groups excluding tert-OH is 4. The maximum atomic E-state index is 9.78. The fraction of sp³-hybridized carbons (Fsp3) is 1.00. The van der Waals surface area contributed by atoms with Gasteiger partial charge in [-0.2, -0.15) is 4.91 Å². The molecule has 5 atom stereocenters. The maximum Gasteiger partial charge on any atom is 0.186 e. The minimum atomic E-state index is -1.46. The molecule has 1 aliphatic rings. The molecular weight excluding hydrogens is 302 g/mol. The van der Waals surface area contributed by atoms with Crippen molar-refractivity contribution in [3.63, 3.8) is 0 Å². The van der Waals surface area contributed by atoms with E-state index in [9.17, 15) is 20.2 Å². The highest BCUT2D eigenvalue weighted by Crippen LogP contribution is 2.21. The van der Waals surface area contributed by atoms with E-state index < -0.39 is 37.3 Å². The molecule has 10 nitrogen and oxygen atoms in total. The fourth-order valence-electron chi connectivity index (χ4n) is 1.85. The van der Waals surface area contributed by atoms with E-state index in [0.29, 0.717) is 13.2 Å². The maximum absolute atomic E-state index is 9.78. The average Bonchev–Trinajstić information content (AvgIpc) is 2.53. The molecule has 22 heavy (non-hydrogen) atoms. The Bertz CT molecular complexity index is 304. The molecule has 3 unspecified atom stereocenters. The zero-order chi connectivity index (χ0) is 16.4. The number of ether oxygens (including phenoxy) is 4. The molecule has 4 N–H and O–H groups in total. The molecule has 0 aromatic carbocycles. The van der Waals surface area contributed by atoms with Gasteiger partial charge in [0.15, 0.2) is 6.29 Å². The van der Waals surface area contributed by atoms with Crippen molar-refractivity contribution in [3.05, 3.63) is 4.91 Å². The summed E-state index contributed by atoms with van der Waals surface area (Å²) in [7, 11) is 0. The molecule has 0 spiro atoms. The SMILES string of the molecule is O=NCCOCCOCCO[C@H]1OC(CO)[C@@H](O)C(O)C1O. The smallest absolute Gasteiger partial charge is 0.186 e. The van der Waals surface area contributed by atoms with E-state index in [-0.39, 0.29) is 26.4 Å². The molecule has 0 aliphatic carbocycles. The molecule has 0 radical (unpaired) electrons. The van der Waals surface area contributed by atoms with Crippen LogP contribution in [-0.2, 0) is 18.9 Å². The second-order valence-electron chi connectivity index (χ2n) is 4.65. The number of hydrogen-bond donors (Lipinski definition) is 4. The van der Waals surface area contributed by atoms with Crippen LogP contribution in [0.2, 0.25) is 0 Å². The van der Waals surface area contributed by atoms with Gasteiger partial charge in [-0.3, -0.25) is 0 Å². The van der Waals surface area contributed by atoms with E-state index in [1.807, 2.05) is 0 Å². The summed E-state index contributed by atoms with van der Waals surface area (Å²) in [6.45, 7) is 0.734. The van der Waals surface area contributed by atoms with Gasteiger partial charge in [0.2, 0.25) is 0 Å². The molecule has 0 aromatic heterocycles. The van der Waals surface area contributed by atoms with Crippen LogP contribution in [-0.4, -0.2) is 97.3 Å². The van der Waals surface area contributed by atoms with Crippen LogP contribution in [0.3, 0.4) is 0 Å². The van der Waals surface area contributed by atoms with Crippen LogP contribution in [0.1, 0.15) is 0 Å². The number of hydrogen-bond acceptors (Lipinski definition) is 10. The Hall–Kier alpha value is -0.720. The predicted molar refractivity (Wildman–Crippen MR) is 72.0 cm³/mol. The standard InChI is InChI=1S/C12H23NO9/c14-7-8-9(15)10(16)11(17)12(22-8)21-6-5-20-4-3-19-2-1-13-18/h8-12,14-17H,1-7H2/t8?,9-,10?,11?,12+/m1/s1. The molecule has 0 aromatic rings. The molecule has 1 saturated heterocycles. The summed E-state index contributed by atoms with van der Waals surface area (Å²) in [5.41, 5.74) is 0. The largest absolute Gasteiger partial charge is 0.394 e. The van der Waals surface area contributed by atoms with Crippen molar-refractivity contribution in [3.8, 4) is 0 Å². The van der Waals surface area contributed by atoms with Gasteiger partial charge in [-0.25, -0.2) is 0 Å². The molecule has 1 aliphatic heterocycles. The molecular formula is C12H23NO9. The zero-order valence-corrected chi connectivity index (χ0v) is 12.1. The quantitative estimate of drug-likeness (QED) is 0.241. The van der Waals surface area contributed by atoms with E-state index in [1.165, 1.54) is 0 Å². The minimum Gasteiger partial charge on any atom is -0.394 e. The highest BCUT2D eigenvalue weighted by molar-refractivity contribution is 4.88. The normalized spacial score (nSPS) is 32.1. The third-order valence-electron chi connectivity index (χ3n) is 3.06. The van der Waals surface area contributed by atoms with E-state index in [0.717, 1.165) is 0 Å². The fourth-order valence-corrected chi connectivity index (χ4v) is 1.85. The first kappa shape index (κ1) is 19.3. The van der Waals surface area contributed by atoms with Crippen LogP contribution >= 0.6 is 0 Å². The summed E-state index contributed by atoms with van der Waals surface area (Å²) < 4.78 is 20.6. The van der Waals surface area contributed by atoms with Crippen molar-refractivity contribution < 1.29 is 39.4 Å². The lowest BCUT2D eigenvalue weighted by molar-refractivity contribution is -0.302. The van der Waals surface area contributed by atoms with Gasteiger partial charge < -0.3 is 39.4 Å². The van der Waals surface area contributed by atoms with Gasteiger partial charge in [0.05, 0.1) is 39.6 Å². The first-order chi connectivity index (χ1) is 10.6. The predicted octanol–water partition coefficient (Wildman–Crippen LogP) is -2.40. The Kier molecular flexibility index (Phi) is 9.59. The molecule has 0 saturated carbocycles. The van der Waals surface area contributed by atoms with Crippen molar-refractivity contribution in [1.82, 2.24) is 0 Å². The molecule has 10 heteroatoms. The summed E-state index contributed by atoms with van der Waals surface area (Å²) in [5.74, 6) is 0. The third kappa shape index (κ3) is 6.18. The first-order valence-electron chi connectivity index (χ1n) is 6.98. The van der Waals surface area contributed by atoms with Gasteiger partial charge in [0.1, 0.15) is 31.0 Å². The van der Waals surface area contributed by atoms with Crippen LogP contribution in [0, 0.1) is 4.91 Å². The lowest BCUT2D eigenvalue weighted by atomic mass is 9.99. The van der Waals surface area contributed by atoms with Gasteiger partial charge in [-0.15, -0.1) is 0 Å². The first-order valence-corrected chi connectivity index (χ1v) is 6.98. The summed E-state index contributed by atoms with van der Waals surface area (Å²) in [6, 6.07) is 0. The Balaban J connectivity index is 2.12. The van der Waals surface area contributed by atoms with E-state index in [4.69, 9.17) is 24.1 Å². The van der Waals surface area contributed by atoms with Crippen LogP contribution in [0.5, 0.6) is 0 Å². The highest BCUT2D eigenvalue weighted by Gasteiger charge is 2.43. The Morgan fingerprint density at radius 1 is 0.909 bits per heavy atom. The highest BCUT2D eigenvalue weighted by atomic mass is 16.7. The zero-order valence-electron chi connectivity index (χ0n) is 12.1. The topological polar surface area (TPSA) is 147 Å². The summed E-state index contributed by atoms with van der Waals surface area (Å²) >= 11 is 0. The molecule has 1 rings (SSSR count). The van der Waals surface area contributed by atoms with E-state index in [1.54, 1.807) is 0 Å². The van der Waals surface area contributed by atoms with Crippen molar-refractivity contribution in [2.45, 2.75) is 30.7 Å². The van der Waals surface area contributed by atoms with Crippen molar-refractivity contribution in [2.24, 2.45) is 5.18 Å². The van der Waals surface area contributed by atoms with Crippen LogP contribution in [0.25, 0.3) is 0 Å². The third-order valence-corrected chi connectivity index (χ3v) is 3.06. The average molecular weight is 325 g/mol. The van der Waals surface area contributed by atoms with Gasteiger partial charge in [0, 0.05) is 0 Å². The number of nitroso groups, excluding NO2 is 1. The number of nitrogens with zero attached hydrogens (tertiary/aromatic N) is 1. The molecule has 0 bridgehead atoms. The lowest BCUT2D eigenvalue weighted by Gasteiger charge is -2.39. The van der Waals surface area contributed by atoms with Crippen LogP contribution in [0.15, 0.2) is 5.18 Å². The Morgan fingerprint density at radius 3 is 2.18 bits per heavy atom. The van der Waals surface area contributed by atoms with Crippen molar-refractivity contribution in [1.29, 1.82) is 0 Å². The monoisotopic (exact) mass is 325 g/mol. The summed E-state index contributed by atoms with van der Waals surface area (Å²) in [5, 5.41) is 40.5. The van der Waals surface area contributed by atoms with Crippen LogP contribution in [0.4, 0.5) is 0 Å². The second kappa shape index (κ2) is 10.9. The minimum absolute atomic E-state index is 0.0819. The summed E-state index contributed by atoms with van der Waals surface area (Å²) in [4.78, 5) is 9.78. The van der Waals surface area contributed by atoms with E-state index in [2.05, 4.69) is 5.18 Å². The van der Waals surface area contributed by atoms with E-state index >= 15 is 0 Å². The lowest BCUT2D eigenvalue weighted by Crippen LogP contribution is -2.59. The summed E-state index contributed by atoms with van der Waals surface area (Å²) in [6.07, 6.45) is -6.44. The second-order valence-corrected chi connectivity index (χ2v) is 4.65. The molecule has 1 fully saturated rings. The van der Waals surface area contributed by atoms with Gasteiger partial charge in [-0.1, -0.05) is 5.18 Å². The molecule has 0 amide bonds.